The number of likely N-dealkylation sites (tertiary alicyclic amines) is 1. The van der Waals surface area contributed by atoms with Gasteiger partial charge in [0.05, 0.1) is 5.52 Å². The monoisotopic (exact) mass is 397 g/mol. The minimum absolute atomic E-state index is 0.0300. The number of hydrogen-bond donors (Lipinski definition) is 1. The van der Waals surface area contributed by atoms with Gasteiger partial charge in [-0.05, 0) is 37.0 Å². The van der Waals surface area contributed by atoms with Crippen molar-refractivity contribution >= 4 is 22.9 Å². The van der Waals surface area contributed by atoms with Crippen LogP contribution in [0.1, 0.15) is 23.3 Å². The van der Waals surface area contributed by atoms with Crippen molar-refractivity contribution in [1.82, 2.24) is 24.6 Å². The molecule has 9 heteroatoms. The summed E-state index contributed by atoms with van der Waals surface area (Å²) in [6.07, 6.45) is 3.20. The smallest absolute Gasteiger partial charge is 0.408 e. The molecule has 1 fully saturated rings. The van der Waals surface area contributed by atoms with E-state index in [4.69, 9.17) is 4.42 Å². The summed E-state index contributed by atoms with van der Waals surface area (Å²) in [5.74, 6) is -0.452. The van der Waals surface area contributed by atoms with Gasteiger partial charge in [0.25, 0.3) is 5.91 Å². The predicted molar refractivity (Wildman–Crippen MR) is 105 cm³/mol. The molecule has 1 saturated heterocycles. The normalized spacial score (nSPS) is 15.0. The number of fused-ring (bicyclic) bond motifs is 1. The van der Waals surface area contributed by atoms with E-state index in [0.717, 1.165) is 12.8 Å². The second-order valence-electron chi connectivity index (χ2n) is 7.30. The first kappa shape index (κ1) is 19.0. The number of benzene rings is 1. The number of hydrogen-bond acceptors (Lipinski definition) is 5. The number of aromatic nitrogens is 3. The number of amides is 2. The van der Waals surface area contributed by atoms with Crippen LogP contribution in [0.3, 0.4) is 0 Å². The third-order valence-electron chi connectivity index (χ3n) is 5.44. The molecule has 3 aromatic rings. The van der Waals surface area contributed by atoms with Crippen molar-refractivity contribution in [2.75, 3.05) is 19.6 Å². The summed E-state index contributed by atoms with van der Waals surface area (Å²) in [6, 6.07) is 8.75. The van der Waals surface area contributed by atoms with E-state index in [1.165, 1.54) is 9.25 Å². The zero-order valence-electron chi connectivity index (χ0n) is 16.2. The van der Waals surface area contributed by atoms with Crippen molar-refractivity contribution in [2.24, 2.45) is 13.0 Å². The Balaban J connectivity index is 1.29. The molecule has 2 aromatic heterocycles. The van der Waals surface area contributed by atoms with Crippen LogP contribution in [0.15, 0.2) is 45.7 Å². The maximum atomic E-state index is 12.7. The van der Waals surface area contributed by atoms with Gasteiger partial charge in [0.1, 0.15) is 12.2 Å². The number of rotatable bonds is 5. The van der Waals surface area contributed by atoms with Crippen molar-refractivity contribution in [1.29, 1.82) is 0 Å². The van der Waals surface area contributed by atoms with E-state index < -0.39 is 5.76 Å². The lowest BCUT2D eigenvalue weighted by molar-refractivity contribution is -0.133. The molecule has 3 heterocycles. The van der Waals surface area contributed by atoms with Crippen LogP contribution in [-0.4, -0.2) is 50.7 Å². The number of carbonyl (C=O) groups excluding carboxylic acids is 2. The maximum absolute atomic E-state index is 12.7. The van der Waals surface area contributed by atoms with Gasteiger partial charge >= 0.3 is 5.76 Å². The lowest BCUT2D eigenvalue weighted by Gasteiger charge is -2.32. The van der Waals surface area contributed by atoms with Crippen LogP contribution in [-0.2, 0) is 18.4 Å². The summed E-state index contributed by atoms with van der Waals surface area (Å²) < 4.78 is 8.10. The Morgan fingerprint density at radius 2 is 1.97 bits per heavy atom. The maximum Gasteiger partial charge on any atom is 0.420 e. The zero-order chi connectivity index (χ0) is 20.4. The van der Waals surface area contributed by atoms with Gasteiger partial charge in [-0.2, -0.15) is 5.10 Å². The average molecular weight is 397 g/mol. The van der Waals surface area contributed by atoms with Gasteiger partial charge < -0.3 is 14.6 Å². The van der Waals surface area contributed by atoms with Crippen LogP contribution < -0.4 is 11.1 Å². The molecule has 0 atom stereocenters. The fraction of sp³-hybridized carbons (Fsp3) is 0.400. The molecule has 0 aliphatic carbocycles. The Kier molecular flexibility index (Phi) is 5.20. The van der Waals surface area contributed by atoms with Crippen LogP contribution in [0.4, 0.5) is 0 Å². The fourth-order valence-electron chi connectivity index (χ4n) is 3.71. The lowest BCUT2D eigenvalue weighted by atomic mass is 9.96. The van der Waals surface area contributed by atoms with Gasteiger partial charge in [-0.1, -0.05) is 12.1 Å². The van der Waals surface area contributed by atoms with E-state index in [1.54, 1.807) is 42.4 Å². The standard InChI is InChI=1S/C20H23N5O4/c1-23-16(6-9-22-23)19(27)21-12-14-7-10-24(11-8-14)18(26)13-25-15-4-2-3-5-17(15)29-20(25)28/h2-6,9,14H,7-8,10-13H2,1H3,(H,21,27). The molecule has 9 nitrogen and oxygen atoms in total. The molecule has 1 aliphatic rings. The van der Waals surface area contributed by atoms with Crippen LogP contribution in [0.25, 0.3) is 11.1 Å². The van der Waals surface area contributed by atoms with Crippen LogP contribution >= 0.6 is 0 Å². The van der Waals surface area contributed by atoms with Crippen molar-refractivity contribution in [3.05, 3.63) is 52.8 Å². The van der Waals surface area contributed by atoms with Gasteiger partial charge in [0, 0.05) is 32.9 Å². The molecular formula is C20H23N5O4. The number of nitrogens with one attached hydrogen (secondary N) is 1. The van der Waals surface area contributed by atoms with E-state index >= 15 is 0 Å². The largest absolute Gasteiger partial charge is 0.420 e. The zero-order valence-corrected chi connectivity index (χ0v) is 16.2. The van der Waals surface area contributed by atoms with Crippen LogP contribution in [0, 0.1) is 5.92 Å². The Labute approximate surface area is 166 Å². The molecule has 0 unspecified atom stereocenters. The number of piperidine rings is 1. The van der Waals surface area contributed by atoms with E-state index in [0.29, 0.717) is 42.3 Å². The predicted octanol–water partition coefficient (Wildman–Crippen LogP) is 0.997. The Hall–Kier alpha value is -3.36. The molecule has 2 amide bonds. The van der Waals surface area contributed by atoms with Crippen molar-refractivity contribution in [3.8, 4) is 0 Å². The molecule has 0 spiro atoms. The molecule has 0 saturated carbocycles. The Bertz CT molecular complexity index is 1090. The second kappa shape index (κ2) is 7.94. The summed E-state index contributed by atoms with van der Waals surface area (Å²) in [5, 5.41) is 6.94. The summed E-state index contributed by atoms with van der Waals surface area (Å²) in [4.78, 5) is 38.7. The number of carbonyl (C=O) groups is 2. The minimum atomic E-state index is -0.521. The van der Waals surface area contributed by atoms with Crippen LogP contribution in [0.5, 0.6) is 0 Å². The van der Waals surface area contributed by atoms with Gasteiger partial charge in [-0.3, -0.25) is 18.8 Å². The SMILES string of the molecule is Cn1nccc1C(=O)NCC1CCN(C(=O)Cn2c(=O)oc3ccccc32)CC1. The molecule has 0 bridgehead atoms. The first-order valence-electron chi connectivity index (χ1n) is 9.65. The summed E-state index contributed by atoms with van der Waals surface area (Å²) in [7, 11) is 1.73. The van der Waals surface area contributed by atoms with Crippen molar-refractivity contribution < 1.29 is 14.0 Å². The molecular weight excluding hydrogens is 374 g/mol. The average Bonchev–Trinajstić information content (AvgIpc) is 3.29. The molecule has 1 aromatic carbocycles. The number of para-hydroxylation sites is 2. The molecule has 0 radical (unpaired) electrons. The highest BCUT2D eigenvalue weighted by Crippen LogP contribution is 2.18. The highest BCUT2D eigenvalue weighted by molar-refractivity contribution is 5.92. The topological polar surface area (TPSA) is 102 Å². The lowest BCUT2D eigenvalue weighted by Crippen LogP contribution is -2.43. The Morgan fingerprint density at radius 1 is 1.21 bits per heavy atom. The van der Waals surface area contributed by atoms with Crippen molar-refractivity contribution in [3.63, 3.8) is 0 Å². The minimum Gasteiger partial charge on any atom is -0.408 e. The number of oxazole rings is 1. The summed E-state index contributed by atoms with van der Waals surface area (Å²) in [6.45, 7) is 1.75. The van der Waals surface area contributed by atoms with E-state index in [9.17, 15) is 14.4 Å². The van der Waals surface area contributed by atoms with Gasteiger partial charge in [0.2, 0.25) is 5.91 Å². The van der Waals surface area contributed by atoms with E-state index in [-0.39, 0.29) is 18.4 Å². The van der Waals surface area contributed by atoms with E-state index in [1.807, 2.05) is 6.07 Å². The van der Waals surface area contributed by atoms with Crippen molar-refractivity contribution in [2.45, 2.75) is 19.4 Å². The van der Waals surface area contributed by atoms with Gasteiger partial charge in [0.15, 0.2) is 5.58 Å². The third kappa shape index (κ3) is 3.94. The number of nitrogens with zero attached hydrogens (tertiary/aromatic N) is 4. The highest BCUT2D eigenvalue weighted by atomic mass is 16.4. The molecule has 152 valence electrons. The van der Waals surface area contributed by atoms with Gasteiger partial charge in [-0.15, -0.1) is 0 Å². The first-order valence-corrected chi connectivity index (χ1v) is 9.65. The third-order valence-corrected chi connectivity index (χ3v) is 5.44. The Morgan fingerprint density at radius 3 is 2.69 bits per heavy atom. The molecule has 1 aliphatic heterocycles. The van der Waals surface area contributed by atoms with Gasteiger partial charge in [-0.25, -0.2) is 4.79 Å². The quantitative estimate of drug-likeness (QED) is 0.692. The molecule has 4 rings (SSSR count). The summed E-state index contributed by atoms with van der Waals surface area (Å²) in [5.41, 5.74) is 1.63. The first-order chi connectivity index (χ1) is 14.0. The molecule has 1 N–H and O–H groups in total. The van der Waals surface area contributed by atoms with E-state index in [2.05, 4.69) is 10.4 Å². The fourth-order valence-corrected chi connectivity index (χ4v) is 3.71. The molecule has 29 heavy (non-hydrogen) atoms. The van der Waals surface area contributed by atoms with Crippen LogP contribution in [0.2, 0.25) is 0 Å². The summed E-state index contributed by atoms with van der Waals surface area (Å²) >= 11 is 0. The second-order valence-corrected chi connectivity index (χ2v) is 7.30. The highest BCUT2D eigenvalue weighted by Gasteiger charge is 2.24. The number of aryl methyl sites for hydroxylation is 1.